The van der Waals surface area contributed by atoms with Crippen molar-refractivity contribution in [1.82, 2.24) is 9.88 Å². The maximum absolute atomic E-state index is 10.9. The first-order valence-electron chi connectivity index (χ1n) is 6.32. The third kappa shape index (κ3) is 2.19. The number of rotatable bonds is 1. The minimum absolute atomic E-state index is 0.528. The SMILES string of the molecule is O=C(O)N1CCN(c2nccc3ccccc23)CC1. The lowest BCUT2D eigenvalue weighted by atomic mass is 10.1. The summed E-state index contributed by atoms with van der Waals surface area (Å²) in [5, 5.41) is 11.2. The molecular formula is C14H15N3O2. The zero-order chi connectivity index (χ0) is 13.2. The Morgan fingerprint density at radius 3 is 2.58 bits per heavy atom. The number of piperazine rings is 1. The van der Waals surface area contributed by atoms with Gasteiger partial charge < -0.3 is 14.9 Å². The van der Waals surface area contributed by atoms with Gasteiger partial charge >= 0.3 is 6.09 Å². The fraction of sp³-hybridized carbons (Fsp3) is 0.286. The Labute approximate surface area is 111 Å². The maximum Gasteiger partial charge on any atom is 0.407 e. The van der Waals surface area contributed by atoms with Gasteiger partial charge in [0.05, 0.1) is 0 Å². The number of nitrogens with zero attached hydrogens (tertiary/aromatic N) is 3. The molecule has 2 heterocycles. The Bertz CT molecular complexity index is 601. The molecule has 1 N–H and O–H groups in total. The van der Waals surface area contributed by atoms with Crippen LogP contribution in [-0.2, 0) is 0 Å². The number of amides is 1. The Kier molecular flexibility index (Phi) is 2.95. The van der Waals surface area contributed by atoms with E-state index in [2.05, 4.69) is 22.0 Å². The molecule has 1 aliphatic heterocycles. The molecule has 5 nitrogen and oxygen atoms in total. The van der Waals surface area contributed by atoms with E-state index in [1.165, 1.54) is 4.90 Å². The zero-order valence-electron chi connectivity index (χ0n) is 10.5. The predicted molar refractivity (Wildman–Crippen MR) is 73.6 cm³/mol. The van der Waals surface area contributed by atoms with Crippen molar-refractivity contribution in [3.8, 4) is 0 Å². The molecule has 2 aromatic rings. The van der Waals surface area contributed by atoms with Crippen LogP contribution in [-0.4, -0.2) is 47.3 Å². The van der Waals surface area contributed by atoms with E-state index in [9.17, 15) is 4.79 Å². The van der Waals surface area contributed by atoms with Gasteiger partial charge in [-0.15, -0.1) is 0 Å². The van der Waals surface area contributed by atoms with Gasteiger partial charge in [-0.25, -0.2) is 9.78 Å². The summed E-state index contributed by atoms with van der Waals surface area (Å²) in [6.45, 7) is 2.43. The van der Waals surface area contributed by atoms with Crippen molar-refractivity contribution in [1.29, 1.82) is 0 Å². The topological polar surface area (TPSA) is 56.7 Å². The molecule has 0 unspecified atom stereocenters. The number of carbonyl (C=O) groups is 1. The van der Waals surface area contributed by atoms with Crippen molar-refractivity contribution < 1.29 is 9.90 Å². The molecule has 0 spiro atoms. The molecule has 1 aliphatic rings. The van der Waals surface area contributed by atoms with Crippen LogP contribution in [0.25, 0.3) is 10.8 Å². The third-order valence-corrected chi connectivity index (χ3v) is 3.50. The van der Waals surface area contributed by atoms with Gasteiger partial charge in [0.15, 0.2) is 0 Å². The molecule has 5 heteroatoms. The van der Waals surface area contributed by atoms with Crippen LogP contribution < -0.4 is 4.90 Å². The Balaban J connectivity index is 1.88. The second-order valence-electron chi connectivity index (χ2n) is 4.61. The van der Waals surface area contributed by atoms with Crippen LogP contribution >= 0.6 is 0 Å². The molecule has 3 rings (SSSR count). The fourth-order valence-corrected chi connectivity index (χ4v) is 2.47. The van der Waals surface area contributed by atoms with Gasteiger partial charge in [-0.3, -0.25) is 0 Å². The van der Waals surface area contributed by atoms with Crippen LogP contribution in [0.5, 0.6) is 0 Å². The quantitative estimate of drug-likeness (QED) is 0.849. The van der Waals surface area contributed by atoms with Crippen molar-refractivity contribution >= 4 is 22.7 Å². The van der Waals surface area contributed by atoms with E-state index in [0.717, 1.165) is 16.6 Å². The molecule has 98 valence electrons. The largest absolute Gasteiger partial charge is 0.465 e. The summed E-state index contributed by atoms with van der Waals surface area (Å²) in [5.74, 6) is 0.947. The predicted octanol–water partition coefficient (Wildman–Crippen LogP) is 2.03. The smallest absolute Gasteiger partial charge is 0.407 e. The summed E-state index contributed by atoms with van der Waals surface area (Å²) in [7, 11) is 0. The number of benzene rings is 1. The first-order valence-corrected chi connectivity index (χ1v) is 6.32. The zero-order valence-corrected chi connectivity index (χ0v) is 10.5. The molecule has 0 radical (unpaired) electrons. The van der Waals surface area contributed by atoms with Crippen molar-refractivity contribution in [3.63, 3.8) is 0 Å². The molecule has 1 amide bonds. The van der Waals surface area contributed by atoms with Crippen LogP contribution in [0.2, 0.25) is 0 Å². The Morgan fingerprint density at radius 2 is 1.84 bits per heavy atom. The number of hydrogen-bond donors (Lipinski definition) is 1. The molecule has 0 saturated carbocycles. The third-order valence-electron chi connectivity index (χ3n) is 3.50. The van der Waals surface area contributed by atoms with Gasteiger partial charge in [0.25, 0.3) is 0 Å². The monoisotopic (exact) mass is 257 g/mol. The highest BCUT2D eigenvalue weighted by molar-refractivity contribution is 5.92. The number of anilines is 1. The average Bonchev–Trinajstić information content (AvgIpc) is 2.47. The highest BCUT2D eigenvalue weighted by Crippen LogP contribution is 2.24. The normalized spacial score (nSPS) is 15.8. The second kappa shape index (κ2) is 4.76. The van der Waals surface area contributed by atoms with Crippen LogP contribution in [0.4, 0.5) is 10.6 Å². The van der Waals surface area contributed by atoms with Crippen molar-refractivity contribution in [2.45, 2.75) is 0 Å². The standard InChI is InChI=1S/C14H15N3O2/c18-14(19)17-9-7-16(8-10-17)13-12-4-2-1-3-11(12)5-6-15-13/h1-6H,7-10H2,(H,18,19). The van der Waals surface area contributed by atoms with E-state index in [1.54, 1.807) is 6.20 Å². The number of fused-ring (bicyclic) bond motifs is 1. The van der Waals surface area contributed by atoms with Gasteiger partial charge in [0, 0.05) is 37.8 Å². The average molecular weight is 257 g/mol. The van der Waals surface area contributed by atoms with E-state index >= 15 is 0 Å². The lowest BCUT2D eigenvalue weighted by Gasteiger charge is -2.34. The van der Waals surface area contributed by atoms with Crippen molar-refractivity contribution in [2.75, 3.05) is 31.1 Å². The van der Waals surface area contributed by atoms with E-state index < -0.39 is 6.09 Å². The van der Waals surface area contributed by atoms with Gasteiger partial charge in [0.2, 0.25) is 0 Å². The van der Waals surface area contributed by atoms with Crippen molar-refractivity contribution in [2.24, 2.45) is 0 Å². The minimum atomic E-state index is -0.842. The Morgan fingerprint density at radius 1 is 1.11 bits per heavy atom. The first kappa shape index (κ1) is 11.8. The number of aromatic nitrogens is 1. The van der Waals surface area contributed by atoms with E-state index in [1.807, 2.05) is 18.2 Å². The van der Waals surface area contributed by atoms with Crippen molar-refractivity contribution in [3.05, 3.63) is 36.5 Å². The van der Waals surface area contributed by atoms with Crippen LogP contribution in [0.1, 0.15) is 0 Å². The summed E-state index contributed by atoms with van der Waals surface area (Å²) in [6, 6.07) is 10.1. The molecule has 1 saturated heterocycles. The molecule has 0 atom stereocenters. The van der Waals surface area contributed by atoms with Crippen LogP contribution in [0.3, 0.4) is 0 Å². The molecular weight excluding hydrogens is 242 g/mol. The summed E-state index contributed by atoms with van der Waals surface area (Å²) >= 11 is 0. The van der Waals surface area contributed by atoms with Crippen LogP contribution in [0, 0.1) is 0 Å². The van der Waals surface area contributed by atoms with Gasteiger partial charge in [-0.1, -0.05) is 24.3 Å². The highest BCUT2D eigenvalue weighted by atomic mass is 16.4. The van der Waals surface area contributed by atoms with E-state index in [0.29, 0.717) is 26.2 Å². The molecule has 0 bridgehead atoms. The Hall–Kier alpha value is -2.30. The van der Waals surface area contributed by atoms with Crippen LogP contribution in [0.15, 0.2) is 36.5 Å². The van der Waals surface area contributed by atoms with E-state index in [-0.39, 0.29) is 0 Å². The summed E-state index contributed by atoms with van der Waals surface area (Å²) in [4.78, 5) is 19.0. The lowest BCUT2D eigenvalue weighted by molar-refractivity contribution is 0.142. The minimum Gasteiger partial charge on any atom is -0.465 e. The lowest BCUT2D eigenvalue weighted by Crippen LogP contribution is -2.48. The first-order chi connectivity index (χ1) is 9.25. The second-order valence-corrected chi connectivity index (χ2v) is 4.61. The molecule has 0 aliphatic carbocycles. The summed E-state index contributed by atoms with van der Waals surface area (Å²) < 4.78 is 0. The molecule has 1 fully saturated rings. The van der Waals surface area contributed by atoms with Gasteiger partial charge in [-0.2, -0.15) is 0 Å². The van der Waals surface area contributed by atoms with Gasteiger partial charge in [-0.05, 0) is 11.5 Å². The number of pyridine rings is 1. The molecule has 1 aromatic heterocycles. The number of hydrogen-bond acceptors (Lipinski definition) is 3. The van der Waals surface area contributed by atoms with Gasteiger partial charge in [0.1, 0.15) is 5.82 Å². The molecule has 19 heavy (non-hydrogen) atoms. The number of carboxylic acid groups (broad SMARTS) is 1. The summed E-state index contributed by atoms with van der Waals surface area (Å²) in [5.41, 5.74) is 0. The highest BCUT2D eigenvalue weighted by Gasteiger charge is 2.22. The fourth-order valence-electron chi connectivity index (χ4n) is 2.47. The summed E-state index contributed by atoms with van der Waals surface area (Å²) in [6.07, 6.45) is 0.965. The maximum atomic E-state index is 10.9. The molecule has 1 aromatic carbocycles. The van der Waals surface area contributed by atoms with E-state index in [4.69, 9.17) is 5.11 Å².